The summed E-state index contributed by atoms with van der Waals surface area (Å²) >= 11 is 0. The molecule has 0 radical (unpaired) electrons. The second kappa shape index (κ2) is 15.0. The molecule has 2 aliphatic heterocycles. The van der Waals surface area contributed by atoms with Crippen molar-refractivity contribution >= 4 is 17.6 Å². The molecule has 2 heterocycles. The molecule has 2 aromatic rings. The van der Waals surface area contributed by atoms with Crippen molar-refractivity contribution in [3.63, 3.8) is 0 Å². The van der Waals surface area contributed by atoms with E-state index in [4.69, 9.17) is 4.74 Å². The van der Waals surface area contributed by atoms with Gasteiger partial charge in [0.2, 0.25) is 0 Å². The number of urea groups is 1. The van der Waals surface area contributed by atoms with E-state index in [1.165, 1.54) is 24.0 Å². The van der Waals surface area contributed by atoms with Crippen molar-refractivity contribution in [2.24, 2.45) is 5.92 Å². The average Bonchev–Trinajstić information content (AvgIpc) is 2.99. The lowest BCUT2D eigenvalue weighted by atomic mass is 9.87. The van der Waals surface area contributed by atoms with Crippen LogP contribution in [0.15, 0.2) is 48.5 Å². The number of hydrogen-bond donors (Lipinski definition) is 1. The molecule has 2 aliphatic rings. The lowest BCUT2D eigenvalue weighted by molar-refractivity contribution is 0.0386. The van der Waals surface area contributed by atoms with Gasteiger partial charge >= 0.3 is 6.03 Å². The van der Waals surface area contributed by atoms with Gasteiger partial charge in [0.1, 0.15) is 0 Å². The smallest absolute Gasteiger partial charge is 0.320 e. The molecule has 0 saturated carbocycles. The zero-order valence-electron chi connectivity index (χ0n) is 26.5. The summed E-state index contributed by atoms with van der Waals surface area (Å²) < 4.78 is 5.41. The van der Waals surface area contributed by atoms with Crippen molar-refractivity contribution in [3.05, 3.63) is 65.2 Å². The van der Waals surface area contributed by atoms with Crippen LogP contribution < -0.4 is 5.32 Å². The number of unbranched alkanes of at least 4 members (excludes halogenated alkanes) is 1. The maximum atomic E-state index is 13.0. The number of likely N-dealkylation sites (tertiary alicyclic amines) is 1. The number of ether oxygens (including phenoxy) is 1. The molecule has 1 atom stereocenters. The van der Waals surface area contributed by atoms with Crippen LogP contribution in [0, 0.1) is 5.92 Å². The van der Waals surface area contributed by atoms with Crippen molar-refractivity contribution in [2.75, 3.05) is 57.8 Å². The zero-order chi connectivity index (χ0) is 30.1. The normalized spacial score (nSPS) is 17.4. The second-order valence-electron chi connectivity index (χ2n) is 13.2. The molecule has 230 valence electrons. The first-order chi connectivity index (χ1) is 20.1. The van der Waals surface area contributed by atoms with E-state index in [0.29, 0.717) is 43.8 Å². The van der Waals surface area contributed by atoms with Gasteiger partial charge in [0.25, 0.3) is 5.91 Å². The van der Waals surface area contributed by atoms with Crippen LogP contribution in [0.2, 0.25) is 0 Å². The molecule has 7 nitrogen and oxygen atoms in total. The standard InChI is InChI=1S/C35H52N4O3/c1-6-7-17-39(26-28-15-18-37(19-16-28)34(41)38-20-22-42-23-21-38)27(2)24-29-9-8-10-32(25-29)36-33(40)30-11-13-31(14-12-30)35(3,4)5/h8-14,25,27-28H,6-7,15-24,26H2,1-5H3,(H,36,40). The van der Waals surface area contributed by atoms with Crippen molar-refractivity contribution in [2.45, 2.75) is 78.2 Å². The lowest BCUT2D eigenvalue weighted by Gasteiger charge is -2.39. The van der Waals surface area contributed by atoms with Gasteiger partial charge in [-0.2, -0.15) is 0 Å². The quantitative estimate of drug-likeness (QED) is 0.354. The fourth-order valence-electron chi connectivity index (χ4n) is 6.02. The molecule has 2 aromatic carbocycles. The second-order valence-corrected chi connectivity index (χ2v) is 13.2. The highest BCUT2D eigenvalue weighted by Gasteiger charge is 2.29. The number of morpholine rings is 1. The number of hydrogen-bond acceptors (Lipinski definition) is 4. The van der Waals surface area contributed by atoms with Crippen LogP contribution in [-0.4, -0.2) is 85.2 Å². The van der Waals surface area contributed by atoms with Gasteiger partial charge in [-0.1, -0.05) is 58.4 Å². The number of nitrogens with one attached hydrogen (secondary N) is 1. The minimum atomic E-state index is -0.0799. The fourth-order valence-corrected chi connectivity index (χ4v) is 6.02. The van der Waals surface area contributed by atoms with E-state index >= 15 is 0 Å². The Morgan fingerprint density at radius 3 is 2.31 bits per heavy atom. The van der Waals surface area contributed by atoms with E-state index in [1.54, 1.807) is 0 Å². The molecule has 1 unspecified atom stereocenters. The minimum absolute atomic E-state index is 0.0600. The predicted octanol–water partition coefficient (Wildman–Crippen LogP) is 6.43. The third kappa shape index (κ3) is 9.05. The summed E-state index contributed by atoms with van der Waals surface area (Å²) in [4.78, 5) is 32.5. The van der Waals surface area contributed by atoms with E-state index < -0.39 is 0 Å². The molecule has 0 bridgehead atoms. The Morgan fingerprint density at radius 1 is 1.00 bits per heavy atom. The average molecular weight is 577 g/mol. The molecule has 3 amide bonds. The Bertz CT molecular complexity index is 1150. The maximum Gasteiger partial charge on any atom is 0.320 e. The third-order valence-corrected chi connectivity index (χ3v) is 8.81. The van der Waals surface area contributed by atoms with Crippen molar-refractivity contribution < 1.29 is 14.3 Å². The van der Waals surface area contributed by atoms with Crippen LogP contribution in [0.25, 0.3) is 0 Å². The SMILES string of the molecule is CCCCN(CC1CCN(C(=O)N2CCOCC2)CC1)C(C)Cc1cccc(NC(=O)c2ccc(C(C)(C)C)cc2)c1. The van der Waals surface area contributed by atoms with Gasteiger partial charge < -0.3 is 24.8 Å². The van der Waals surface area contributed by atoms with Crippen molar-refractivity contribution in [1.82, 2.24) is 14.7 Å². The molecule has 2 saturated heterocycles. The van der Waals surface area contributed by atoms with Crippen LogP contribution in [0.5, 0.6) is 0 Å². The highest BCUT2D eigenvalue weighted by molar-refractivity contribution is 6.04. The van der Waals surface area contributed by atoms with Crippen molar-refractivity contribution in [3.8, 4) is 0 Å². The number of benzene rings is 2. The van der Waals surface area contributed by atoms with Crippen molar-refractivity contribution in [1.29, 1.82) is 0 Å². The number of amides is 3. The number of nitrogens with zero attached hydrogens (tertiary/aromatic N) is 3. The zero-order valence-corrected chi connectivity index (χ0v) is 26.5. The number of carbonyl (C=O) groups is 2. The number of piperidine rings is 1. The molecule has 0 spiro atoms. The van der Waals surface area contributed by atoms with Crippen LogP contribution in [-0.2, 0) is 16.6 Å². The van der Waals surface area contributed by atoms with Gasteiger partial charge in [0.05, 0.1) is 13.2 Å². The summed E-state index contributed by atoms with van der Waals surface area (Å²) in [6.07, 6.45) is 5.41. The van der Waals surface area contributed by atoms with Gasteiger partial charge in [-0.25, -0.2) is 4.79 Å². The fraction of sp³-hybridized carbons (Fsp3) is 0.600. The lowest BCUT2D eigenvalue weighted by Crippen LogP contribution is -2.51. The van der Waals surface area contributed by atoms with Gasteiger partial charge in [0, 0.05) is 50.0 Å². The molecule has 2 fully saturated rings. The Balaban J connectivity index is 1.31. The summed E-state index contributed by atoms with van der Waals surface area (Å²) in [5.74, 6) is 0.525. The molecule has 4 rings (SSSR count). The molecule has 7 heteroatoms. The summed E-state index contributed by atoms with van der Waals surface area (Å²) in [6, 6.07) is 16.8. The first kappa shape index (κ1) is 32.0. The van der Waals surface area contributed by atoms with Crippen LogP contribution in [0.3, 0.4) is 0 Å². The highest BCUT2D eigenvalue weighted by atomic mass is 16.5. The Morgan fingerprint density at radius 2 is 1.67 bits per heavy atom. The topological polar surface area (TPSA) is 65.1 Å². The largest absolute Gasteiger partial charge is 0.378 e. The van der Waals surface area contributed by atoms with Crippen LogP contribution in [0.1, 0.15) is 81.8 Å². The van der Waals surface area contributed by atoms with E-state index in [1.807, 2.05) is 46.2 Å². The van der Waals surface area contributed by atoms with E-state index in [9.17, 15) is 9.59 Å². The Labute approximate surface area is 253 Å². The molecular weight excluding hydrogens is 524 g/mol. The molecule has 0 aromatic heterocycles. The predicted molar refractivity (Wildman–Crippen MR) is 171 cm³/mol. The summed E-state index contributed by atoms with van der Waals surface area (Å²) in [6.45, 7) is 17.7. The van der Waals surface area contributed by atoms with Gasteiger partial charge in [-0.3, -0.25) is 4.79 Å². The van der Waals surface area contributed by atoms with Gasteiger partial charge in [-0.15, -0.1) is 0 Å². The minimum Gasteiger partial charge on any atom is -0.378 e. The van der Waals surface area contributed by atoms with Crippen LogP contribution >= 0.6 is 0 Å². The summed E-state index contributed by atoms with van der Waals surface area (Å²) in [7, 11) is 0. The molecule has 1 N–H and O–H groups in total. The number of carbonyl (C=O) groups excluding carboxylic acids is 2. The number of rotatable bonds is 10. The Hall–Kier alpha value is -2.90. The van der Waals surface area contributed by atoms with E-state index in [-0.39, 0.29) is 17.4 Å². The van der Waals surface area contributed by atoms with Crippen LogP contribution in [0.4, 0.5) is 10.5 Å². The first-order valence-electron chi connectivity index (χ1n) is 16.0. The molecular formula is C35H52N4O3. The first-order valence-corrected chi connectivity index (χ1v) is 16.0. The Kier molecular flexibility index (Phi) is 11.4. The highest BCUT2D eigenvalue weighted by Crippen LogP contribution is 2.24. The number of anilines is 1. The molecule has 0 aliphatic carbocycles. The van der Waals surface area contributed by atoms with E-state index in [2.05, 4.69) is 57.0 Å². The monoisotopic (exact) mass is 576 g/mol. The maximum absolute atomic E-state index is 13.0. The molecule has 42 heavy (non-hydrogen) atoms. The van der Waals surface area contributed by atoms with E-state index in [0.717, 1.165) is 51.1 Å². The summed E-state index contributed by atoms with van der Waals surface area (Å²) in [5, 5.41) is 3.10. The van der Waals surface area contributed by atoms with Gasteiger partial charge in [0.15, 0.2) is 0 Å². The third-order valence-electron chi connectivity index (χ3n) is 8.81. The van der Waals surface area contributed by atoms with Gasteiger partial charge in [-0.05, 0) is 85.9 Å². The summed E-state index contributed by atoms with van der Waals surface area (Å²) in [5.41, 5.74) is 4.02.